The van der Waals surface area contributed by atoms with Crippen molar-refractivity contribution in [2.75, 3.05) is 46.4 Å². The minimum absolute atomic E-state index is 0.176. The smallest absolute Gasteiger partial charge is 0.236 e. The van der Waals surface area contributed by atoms with E-state index >= 15 is 0 Å². The van der Waals surface area contributed by atoms with Crippen molar-refractivity contribution in [3.8, 4) is 0 Å². The molecule has 1 aliphatic heterocycles. The second kappa shape index (κ2) is 9.90. The predicted molar refractivity (Wildman–Crippen MR) is 101 cm³/mol. The average Bonchev–Trinajstić information content (AvgIpc) is 2.57. The van der Waals surface area contributed by atoms with Gasteiger partial charge in [-0.1, -0.05) is 44.2 Å². The Morgan fingerprint density at radius 3 is 2.64 bits per heavy atom. The first-order valence-electron chi connectivity index (χ1n) is 9.34. The fraction of sp³-hybridized carbons (Fsp3) is 0.650. The van der Waals surface area contributed by atoms with Crippen molar-refractivity contribution in [2.45, 2.75) is 32.9 Å². The number of carbonyl (C=O) groups is 1. The standard InChI is InChI=1S/C20H33N3O2/c1-17(2)13-22-10-11-23(15-19(22)9-12-24)20(25)16-21(3)14-18-7-5-4-6-8-18/h4-8,17,19,24H,9-16H2,1-3H3. The maximum absolute atomic E-state index is 12.7. The molecule has 1 aromatic rings. The van der Waals surface area contributed by atoms with E-state index in [2.05, 4.69) is 35.8 Å². The number of carbonyl (C=O) groups excluding carboxylic acids is 1. The second-order valence-electron chi connectivity index (χ2n) is 7.55. The van der Waals surface area contributed by atoms with Crippen molar-refractivity contribution < 1.29 is 9.90 Å². The topological polar surface area (TPSA) is 47.0 Å². The number of benzene rings is 1. The van der Waals surface area contributed by atoms with Crippen LogP contribution in [0, 0.1) is 5.92 Å². The maximum Gasteiger partial charge on any atom is 0.236 e. The maximum atomic E-state index is 12.7. The summed E-state index contributed by atoms with van der Waals surface area (Å²) in [5, 5.41) is 9.37. The summed E-state index contributed by atoms with van der Waals surface area (Å²) < 4.78 is 0. The first-order chi connectivity index (χ1) is 12.0. The van der Waals surface area contributed by atoms with Gasteiger partial charge < -0.3 is 10.0 Å². The molecule has 140 valence electrons. The SMILES string of the molecule is CC(C)CN1CCN(C(=O)CN(C)Cc2ccccc2)CC1CCO. The molecule has 0 aliphatic carbocycles. The summed E-state index contributed by atoms with van der Waals surface area (Å²) in [6.45, 7) is 9.26. The molecule has 1 amide bonds. The van der Waals surface area contributed by atoms with Gasteiger partial charge in [0.05, 0.1) is 6.54 Å². The van der Waals surface area contributed by atoms with Crippen LogP contribution in [0.3, 0.4) is 0 Å². The third-order valence-corrected chi connectivity index (χ3v) is 4.72. The molecule has 1 atom stereocenters. The van der Waals surface area contributed by atoms with E-state index in [0.717, 1.165) is 39.1 Å². The molecule has 0 saturated carbocycles. The molecule has 1 fully saturated rings. The van der Waals surface area contributed by atoms with Gasteiger partial charge in [-0.2, -0.15) is 0 Å². The molecular formula is C20H33N3O2. The zero-order valence-corrected chi connectivity index (χ0v) is 15.9. The van der Waals surface area contributed by atoms with Gasteiger partial charge >= 0.3 is 0 Å². The third kappa shape index (κ3) is 6.42. The van der Waals surface area contributed by atoms with Crippen molar-refractivity contribution in [3.05, 3.63) is 35.9 Å². The minimum atomic E-state index is 0.176. The summed E-state index contributed by atoms with van der Waals surface area (Å²) in [5.74, 6) is 0.783. The molecule has 5 heteroatoms. The molecule has 0 bridgehead atoms. The minimum Gasteiger partial charge on any atom is -0.396 e. The zero-order valence-electron chi connectivity index (χ0n) is 15.9. The molecule has 0 radical (unpaired) electrons. The molecule has 1 heterocycles. The zero-order chi connectivity index (χ0) is 18.2. The van der Waals surface area contributed by atoms with Gasteiger partial charge in [0.2, 0.25) is 5.91 Å². The van der Waals surface area contributed by atoms with Crippen LogP contribution >= 0.6 is 0 Å². The number of aliphatic hydroxyl groups is 1. The van der Waals surface area contributed by atoms with E-state index in [1.807, 2.05) is 30.1 Å². The highest BCUT2D eigenvalue weighted by molar-refractivity contribution is 5.78. The summed E-state index contributed by atoms with van der Waals surface area (Å²) >= 11 is 0. The lowest BCUT2D eigenvalue weighted by Crippen LogP contribution is -2.56. The Morgan fingerprint density at radius 1 is 1.28 bits per heavy atom. The number of likely N-dealkylation sites (N-methyl/N-ethyl adjacent to an activating group) is 1. The molecule has 2 rings (SSSR count). The summed E-state index contributed by atoms with van der Waals surface area (Å²) in [6.07, 6.45) is 0.732. The van der Waals surface area contributed by atoms with Crippen LogP contribution in [0.4, 0.5) is 0 Å². The van der Waals surface area contributed by atoms with Crippen molar-refractivity contribution in [1.82, 2.24) is 14.7 Å². The van der Waals surface area contributed by atoms with Crippen LogP contribution in [-0.4, -0.2) is 78.1 Å². The van der Waals surface area contributed by atoms with E-state index < -0.39 is 0 Å². The van der Waals surface area contributed by atoms with E-state index in [9.17, 15) is 9.90 Å². The molecule has 25 heavy (non-hydrogen) atoms. The van der Waals surface area contributed by atoms with Gasteiger partial charge in [-0.05, 0) is 24.9 Å². The first-order valence-corrected chi connectivity index (χ1v) is 9.34. The number of nitrogens with zero attached hydrogens (tertiary/aromatic N) is 3. The molecule has 5 nitrogen and oxygen atoms in total. The fourth-order valence-corrected chi connectivity index (χ4v) is 3.53. The lowest BCUT2D eigenvalue weighted by atomic mass is 10.1. The molecular weight excluding hydrogens is 314 g/mol. The van der Waals surface area contributed by atoms with E-state index in [-0.39, 0.29) is 18.6 Å². The van der Waals surface area contributed by atoms with Crippen LogP contribution in [0.1, 0.15) is 25.8 Å². The highest BCUT2D eigenvalue weighted by Gasteiger charge is 2.29. The predicted octanol–water partition coefficient (Wildman–Crippen LogP) is 1.67. The van der Waals surface area contributed by atoms with Crippen LogP contribution in [0.15, 0.2) is 30.3 Å². The number of hydrogen-bond donors (Lipinski definition) is 1. The summed E-state index contributed by atoms with van der Waals surface area (Å²) in [7, 11) is 1.99. The highest BCUT2D eigenvalue weighted by Crippen LogP contribution is 2.15. The number of hydrogen-bond acceptors (Lipinski definition) is 4. The van der Waals surface area contributed by atoms with Crippen molar-refractivity contribution in [1.29, 1.82) is 0 Å². The number of piperazine rings is 1. The molecule has 1 saturated heterocycles. The van der Waals surface area contributed by atoms with Crippen LogP contribution in [-0.2, 0) is 11.3 Å². The summed E-state index contributed by atoms with van der Waals surface area (Å²) in [6, 6.07) is 10.5. The van der Waals surface area contributed by atoms with Crippen LogP contribution in [0.2, 0.25) is 0 Å². The van der Waals surface area contributed by atoms with Gasteiger partial charge in [0.25, 0.3) is 0 Å². The Bertz CT molecular complexity index is 521. The Kier molecular flexibility index (Phi) is 7.88. The van der Waals surface area contributed by atoms with Crippen molar-refractivity contribution in [2.24, 2.45) is 5.92 Å². The monoisotopic (exact) mass is 347 g/mol. The number of amides is 1. The van der Waals surface area contributed by atoms with E-state index in [1.54, 1.807) is 0 Å². The van der Waals surface area contributed by atoms with Gasteiger partial charge in [-0.25, -0.2) is 0 Å². The van der Waals surface area contributed by atoms with E-state index in [1.165, 1.54) is 5.56 Å². The summed E-state index contributed by atoms with van der Waals surface area (Å²) in [5.41, 5.74) is 1.22. The molecule has 0 aromatic heterocycles. The van der Waals surface area contributed by atoms with Crippen molar-refractivity contribution in [3.63, 3.8) is 0 Å². The Balaban J connectivity index is 1.86. The van der Waals surface area contributed by atoms with E-state index in [0.29, 0.717) is 12.5 Å². The molecule has 0 spiro atoms. The second-order valence-corrected chi connectivity index (χ2v) is 7.55. The van der Waals surface area contributed by atoms with Gasteiger partial charge in [-0.15, -0.1) is 0 Å². The number of rotatable bonds is 8. The molecule has 1 aromatic carbocycles. The van der Waals surface area contributed by atoms with Gasteiger partial charge in [-0.3, -0.25) is 14.6 Å². The molecule has 1 N–H and O–H groups in total. The first kappa shape index (κ1) is 19.9. The van der Waals surface area contributed by atoms with Crippen LogP contribution in [0.25, 0.3) is 0 Å². The average molecular weight is 348 g/mol. The highest BCUT2D eigenvalue weighted by atomic mass is 16.3. The quantitative estimate of drug-likeness (QED) is 0.777. The van der Waals surface area contributed by atoms with Crippen LogP contribution < -0.4 is 0 Å². The fourth-order valence-electron chi connectivity index (χ4n) is 3.53. The Labute approximate surface area is 152 Å². The molecule has 1 unspecified atom stereocenters. The number of aliphatic hydroxyl groups excluding tert-OH is 1. The lowest BCUT2D eigenvalue weighted by Gasteiger charge is -2.42. The van der Waals surface area contributed by atoms with E-state index in [4.69, 9.17) is 0 Å². The van der Waals surface area contributed by atoms with Gasteiger partial charge in [0, 0.05) is 45.4 Å². The van der Waals surface area contributed by atoms with Crippen LogP contribution in [0.5, 0.6) is 0 Å². The van der Waals surface area contributed by atoms with Crippen molar-refractivity contribution >= 4 is 5.91 Å². The molecule has 1 aliphatic rings. The third-order valence-electron chi connectivity index (χ3n) is 4.72. The lowest BCUT2D eigenvalue weighted by molar-refractivity contribution is -0.135. The van der Waals surface area contributed by atoms with Gasteiger partial charge in [0.15, 0.2) is 0 Å². The van der Waals surface area contributed by atoms with Gasteiger partial charge in [0.1, 0.15) is 0 Å². The Hall–Kier alpha value is -1.43. The Morgan fingerprint density at radius 2 is 2.00 bits per heavy atom. The largest absolute Gasteiger partial charge is 0.396 e. The summed E-state index contributed by atoms with van der Waals surface area (Å²) in [4.78, 5) is 19.1. The normalized spacial score (nSPS) is 19.0.